The summed E-state index contributed by atoms with van der Waals surface area (Å²) in [6.45, 7) is 7.05. The van der Waals surface area contributed by atoms with Crippen LogP contribution in [0.5, 0.6) is 0 Å². The molecule has 0 unspecified atom stereocenters. The molecule has 152 valence electrons. The highest BCUT2D eigenvalue weighted by Gasteiger charge is 2.56. The lowest BCUT2D eigenvalue weighted by molar-refractivity contribution is -0.159. The van der Waals surface area contributed by atoms with E-state index in [0.29, 0.717) is 10.6 Å². The van der Waals surface area contributed by atoms with E-state index in [9.17, 15) is 14.4 Å². The Balaban J connectivity index is 1.77. The normalized spacial score (nSPS) is 24.5. The Hall–Kier alpha value is -1.91. The number of methoxy groups -OCH3 is 1. The zero-order chi connectivity index (χ0) is 20.6. The fraction of sp³-hybridized carbons (Fsp3) is 0.556. The Morgan fingerprint density at radius 1 is 1.36 bits per heavy atom. The third-order valence-corrected chi connectivity index (χ3v) is 6.53. The number of amides is 2. The van der Waals surface area contributed by atoms with Crippen LogP contribution in [-0.4, -0.2) is 57.2 Å². The lowest BCUT2D eigenvalue weighted by Crippen LogP contribution is -2.71. The third-order valence-electron chi connectivity index (χ3n) is 4.19. The predicted octanol–water partition coefficient (Wildman–Crippen LogP) is 1.67. The number of ether oxygens (including phenoxy) is 2. The summed E-state index contributed by atoms with van der Waals surface area (Å²) >= 11 is 2.76. The Morgan fingerprint density at radius 2 is 2.07 bits per heavy atom. The first kappa shape index (κ1) is 20.8. The van der Waals surface area contributed by atoms with E-state index in [1.165, 1.54) is 28.0 Å². The molecule has 1 N–H and O–H groups in total. The predicted molar refractivity (Wildman–Crippen MR) is 105 cm³/mol. The molecule has 0 radical (unpaired) electrons. The van der Waals surface area contributed by atoms with Crippen molar-refractivity contribution < 1.29 is 23.9 Å². The number of fused-ring (bicyclic) bond motifs is 1. The first-order valence-electron chi connectivity index (χ1n) is 8.75. The summed E-state index contributed by atoms with van der Waals surface area (Å²) in [7, 11) is 1.54. The molecule has 1 saturated heterocycles. The number of hydrogen-bond acceptors (Lipinski definition) is 8. The molecule has 1 fully saturated rings. The van der Waals surface area contributed by atoms with Crippen LogP contribution < -0.4 is 5.32 Å². The van der Waals surface area contributed by atoms with Gasteiger partial charge in [0.15, 0.2) is 0 Å². The van der Waals surface area contributed by atoms with Crippen LogP contribution in [0.2, 0.25) is 0 Å². The molecule has 0 aromatic carbocycles. The molecule has 2 amide bonds. The number of hydrogen-bond donors (Lipinski definition) is 1. The first-order valence-corrected chi connectivity index (χ1v) is 10.6. The Labute approximate surface area is 171 Å². The molecule has 1 aromatic rings. The van der Waals surface area contributed by atoms with Crippen LogP contribution in [0, 0.1) is 0 Å². The van der Waals surface area contributed by atoms with Gasteiger partial charge in [0.2, 0.25) is 5.91 Å². The van der Waals surface area contributed by atoms with E-state index >= 15 is 0 Å². The zero-order valence-electron chi connectivity index (χ0n) is 16.3. The number of carbonyl (C=O) groups is 3. The maximum atomic E-state index is 12.8. The lowest BCUT2D eigenvalue weighted by atomic mass is 10.0. The van der Waals surface area contributed by atoms with Crippen LogP contribution in [0.25, 0.3) is 0 Å². The molecule has 28 heavy (non-hydrogen) atoms. The Kier molecular flexibility index (Phi) is 5.83. The van der Waals surface area contributed by atoms with Crippen LogP contribution >= 0.6 is 23.1 Å². The number of esters is 1. The maximum absolute atomic E-state index is 12.8. The third kappa shape index (κ3) is 4.08. The molecule has 3 heterocycles. The summed E-state index contributed by atoms with van der Waals surface area (Å²) in [6, 6.07) is -0.722. The van der Waals surface area contributed by atoms with E-state index in [1.807, 2.05) is 0 Å². The Morgan fingerprint density at radius 3 is 2.64 bits per heavy atom. The number of carbonyl (C=O) groups excluding carboxylic acids is 3. The van der Waals surface area contributed by atoms with Gasteiger partial charge < -0.3 is 14.8 Å². The molecule has 2 aliphatic rings. The van der Waals surface area contributed by atoms with E-state index in [2.05, 4.69) is 10.3 Å². The number of nitrogens with zero attached hydrogens (tertiary/aromatic N) is 2. The van der Waals surface area contributed by atoms with Gasteiger partial charge in [-0.05, 0) is 33.3 Å². The first-order chi connectivity index (χ1) is 13.1. The molecule has 2 aliphatic heterocycles. The smallest absolute Gasteiger partial charge is 0.355 e. The van der Waals surface area contributed by atoms with Gasteiger partial charge in [-0.25, -0.2) is 9.78 Å². The van der Waals surface area contributed by atoms with Gasteiger partial charge in [-0.15, -0.1) is 11.3 Å². The molecule has 10 heteroatoms. The van der Waals surface area contributed by atoms with Crippen molar-refractivity contribution in [2.24, 2.45) is 0 Å². The number of thiazole rings is 1. The standard InChI is InChI=1S/C18H23N3O5S2/c1-9-13(16(24)26-18(2,3)4)21-14(23)12(15(21)28-17(9)25-5)20-10(22)8-11-19-6-7-27-11/h6-7,12,15,17H,8H2,1-5H3,(H,20,22)/t12-,15+,17-/m0/s1. The summed E-state index contributed by atoms with van der Waals surface area (Å²) < 4.78 is 11.0. The van der Waals surface area contributed by atoms with E-state index < -0.39 is 28.4 Å². The van der Waals surface area contributed by atoms with E-state index in [4.69, 9.17) is 9.47 Å². The minimum Gasteiger partial charge on any atom is -0.455 e. The van der Waals surface area contributed by atoms with Crippen LogP contribution in [0.4, 0.5) is 0 Å². The fourth-order valence-electron chi connectivity index (χ4n) is 3.02. The minimum atomic E-state index is -0.722. The molecular formula is C18H23N3O5S2. The largest absolute Gasteiger partial charge is 0.455 e. The van der Waals surface area contributed by atoms with Crippen molar-refractivity contribution >= 4 is 40.9 Å². The van der Waals surface area contributed by atoms with Gasteiger partial charge in [-0.2, -0.15) is 0 Å². The molecule has 0 aliphatic carbocycles. The van der Waals surface area contributed by atoms with E-state index in [0.717, 1.165) is 0 Å². The van der Waals surface area contributed by atoms with E-state index in [1.54, 1.807) is 46.4 Å². The van der Waals surface area contributed by atoms with Crippen LogP contribution in [0.15, 0.2) is 22.8 Å². The van der Waals surface area contributed by atoms with Gasteiger partial charge in [-0.3, -0.25) is 14.5 Å². The second-order valence-corrected chi connectivity index (χ2v) is 9.65. The molecule has 0 spiro atoms. The molecule has 3 atom stereocenters. The highest BCUT2D eigenvalue weighted by molar-refractivity contribution is 8.00. The number of thioether (sulfide) groups is 1. The number of nitrogens with one attached hydrogen (secondary N) is 1. The monoisotopic (exact) mass is 425 g/mol. The number of rotatable bonds is 5. The van der Waals surface area contributed by atoms with Crippen LogP contribution in [-0.2, 0) is 30.3 Å². The maximum Gasteiger partial charge on any atom is 0.355 e. The number of aromatic nitrogens is 1. The molecular weight excluding hydrogens is 402 g/mol. The van der Waals surface area contributed by atoms with Crippen molar-refractivity contribution in [3.63, 3.8) is 0 Å². The van der Waals surface area contributed by atoms with Crippen molar-refractivity contribution in [1.29, 1.82) is 0 Å². The van der Waals surface area contributed by atoms with Gasteiger partial charge in [0.05, 0.1) is 6.42 Å². The van der Waals surface area contributed by atoms with Crippen molar-refractivity contribution in [3.8, 4) is 0 Å². The summed E-state index contributed by atoms with van der Waals surface area (Å²) in [5.74, 6) is -1.19. The molecule has 0 bridgehead atoms. The highest BCUT2D eigenvalue weighted by Crippen LogP contribution is 2.44. The van der Waals surface area contributed by atoms with Crippen molar-refractivity contribution in [2.45, 2.75) is 56.6 Å². The SMILES string of the molecule is CO[C@H]1S[C@@H]2[C@@H](NC(=O)Cc3nccs3)C(=O)N2C(C(=O)OC(C)(C)C)=C1C. The fourth-order valence-corrected chi connectivity index (χ4v) is 4.99. The molecule has 3 rings (SSSR count). The zero-order valence-corrected chi connectivity index (χ0v) is 18.0. The topological polar surface area (TPSA) is 97.8 Å². The molecule has 1 aromatic heterocycles. The van der Waals surface area contributed by atoms with Crippen molar-refractivity contribution in [3.05, 3.63) is 27.9 Å². The summed E-state index contributed by atoms with van der Waals surface area (Å²) in [5.41, 5.74) is -0.280. The second-order valence-electron chi connectivity index (χ2n) is 7.48. The average molecular weight is 426 g/mol. The quantitative estimate of drug-likeness (QED) is 0.566. The Bertz CT molecular complexity index is 816. The second kappa shape index (κ2) is 7.84. The van der Waals surface area contributed by atoms with Gasteiger partial charge in [0.25, 0.3) is 5.91 Å². The average Bonchev–Trinajstić information content (AvgIpc) is 3.10. The highest BCUT2D eigenvalue weighted by atomic mass is 32.2. The van der Waals surface area contributed by atoms with Crippen molar-refractivity contribution in [2.75, 3.05) is 7.11 Å². The van der Waals surface area contributed by atoms with E-state index in [-0.39, 0.29) is 23.9 Å². The molecule has 8 nitrogen and oxygen atoms in total. The minimum absolute atomic E-state index is 0.111. The lowest BCUT2D eigenvalue weighted by Gasteiger charge is -2.51. The molecule has 0 saturated carbocycles. The van der Waals surface area contributed by atoms with Gasteiger partial charge in [-0.1, -0.05) is 11.8 Å². The van der Waals surface area contributed by atoms with Crippen molar-refractivity contribution in [1.82, 2.24) is 15.2 Å². The number of β-lactam (4-membered cyclic amide) rings is 1. The van der Waals surface area contributed by atoms with Gasteiger partial charge in [0.1, 0.15) is 33.2 Å². The van der Waals surface area contributed by atoms with Crippen LogP contribution in [0.1, 0.15) is 32.7 Å². The summed E-state index contributed by atoms with van der Waals surface area (Å²) in [4.78, 5) is 43.3. The van der Waals surface area contributed by atoms with Crippen LogP contribution in [0.3, 0.4) is 0 Å². The summed E-state index contributed by atoms with van der Waals surface area (Å²) in [6.07, 6.45) is 1.74. The van der Waals surface area contributed by atoms with Gasteiger partial charge >= 0.3 is 5.97 Å². The van der Waals surface area contributed by atoms with Gasteiger partial charge in [0, 0.05) is 18.7 Å². The summed E-state index contributed by atoms with van der Waals surface area (Å²) in [5, 5.41) is 4.80.